The van der Waals surface area contributed by atoms with Crippen molar-refractivity contribution in [2.45, 2.75) is 70.3 Å². The molecule has 2 fully saturated rings. The number of nitrogens with zero attached hydrogens (tertiary/aromatic N) is 3. The Morgan fingerprint density at radius 1 is 1.09 bits per heavy atom. The highest BCUT2D eigenvalue weighted by atomic mass is 16.1. The molecule has 0 aliphatic heterocycles. The number of hydrogen-bond donors (Lipinski definition) is 1. The van der Waals surface area contributed by atoms with Crippen LogP contribution in [0.4, 0.5) is 0 Å². The van der Waals surface area contributed by atoms with Gasteiger partial charge in [-0.25, -0.2) is 4.98 Å². The first kappa shape index (κ1) is 14.0. The minimum Gasteiger partial charge on any atom is -0.293 e. The highest BCUT2D eigenvalue weighted by Crippen LogP contribution is 2.32. The van der Waals surface area contributed by atoms with Gasteiger partial charge in [0.1, 0.15) is 11.2 Å². The Bertz CT molecular complexity index is 705. The molecule has 2 saturated carbocycles. The maximum Gasteiger partial charge on any atom is 0.264 e. The fraction of sp³-hybridized carbons (Fsp3) is 0.706. The zero-order valence-electron chi connectivity index (χ0n) is 13.1. The van der Waals surface area contributed by atoms with E-state index in [9.17, 15) is 4.79 Å². The second kappa shape index (κ2) is 5.86. The quantitative estimate of drug-likeness (QED) is 0.945. The number of aromatic amines is 1. The van der Waals surface area contributed by atoms with Gasteiger partial charge < -0.3 is 0 Å². The standard InChI is InChI=1S/C17H24N4O/c22-17-14-11-18-20-16(14)19-15(10-12-6-2-1-3-7-12)21(17)13-8-4-5-9-13/h11-13H,1-10H2,(H,18,20). The molecule has 22 heavy (non-hydrogen) atoms. The zero-order chi connectivity index (χ0) is 14.9. The molecule has 2 aromatic rings. The molecule has 2 heterocycles. The van der Waals surface area contributed by atoms with Crippen molar-refractivity contribution in [1.29, 1.82) is 0 Å². The van der Waals surface area contributed by atoms with E-state index >= 15 is 0 Å². The largest absolute Gasteiger partial charge is 0.293 e. The van der Waals surface area contributed by atoms with E-state index in [1.807, 2.05) is 4.57 Å². The van der Waals surface area contributed by atoms with E-state index in [1.165, 1.54) is 44.9 Å². The fourth-order valence-electron chi connectivity index (χ4n) is 4.28. The van der Waals surface area contributed by atoms with Crippen LogP contribution in [-0.2, 0) is 6.42 Å². The number of hydrogen-bond acceptors (Lipinski definition) is 3. The summed E-state index contributed by atoms with van der Waals surface area (Å²) in [7, 11) is 0. The summed E-state index contributed by atoms with van der Waals surface area (Å²) >= 11 is 0. The van der Waals surface area contributed by atoms with Crippen molar-refractivity contribution in [1.82, 2.24) is 19.7 Å². The van der Waals surface area contributed by atoms with Crippen LogP contribution in [0, 0.1) is 5.92 Å². The van der Waals surface area contributed by atoms with Crippen molar-refractivity contribution in [3.63, 3.8) is 0 Å². The number of H-pyrrole nitrogens is 1. The van der Waals surface area contributed by atoms with Crippen molar-refractivity contribution in [3.8, 4) is 0 Å². The minimum absolute atomic E-state index is 0.108. The molecule has 118 valence electrons. The highest BCUT2D eigenvalue weighted by Gasteiger charge is 2.25. The summed E-state index contributed by atoms with van der Waals surface area (Å²) in [5.74, 6) is 1.68. The Kier molecular flexibility index (Phi) is 3.72. The minimum atomic E-state index is 0.108. The maximum absolute atomic E-state index is 12.9. The first-order valence-electron chi connectivity index (χ1n) is 8.77. The Hall–Kier alpha value is -1.65. The Balaban J connectivity index is 1.76. The van der Waals surface area contributed by atoms with Gasteiger partial charge in [-0.3, -0.25) is 14.5 Å². The summed E-state index contributed by atoms with van der Waals surface area (Å²) in [5.41, 5.74) is 0.765. The van der Waals surface area contributed by atoms with Gasteiger partial charge in [0, 0.05) is 12.5 Å². The van der Waals surface area contributed by atoms with E-state index < -0.39 is 0 Å². The normalized spacial score (nSPS) is 20.9. The van der Waals surface area contributed by atoms with Crippen LogP contribution >= 0.6 is 0 Å². The van der Waals surface area contributed by atoms with E-state index in [0.717, 1.165) is 25.1 Å². The first-order valence-corrected chi connectivity index (χ1v) is 8.77. The molecule has 5 nitrogen and oxygen atoms in total. The molecular weight excluding hydrogens is 276 g/mol. The third-order valence-corrected chi connectivity index (χ3v) is 5.47. The van der Waals surface area contributed by atoms with Crippen molar-refractivity contribution in [2.24, 2.45) is 5.92 Å². The van der Waals surface area contributed by atoms with E-state index in [2.05, 4.69) is 10.2 Å². The van der Waals surface area contributed by atoms with Gasteiger partial charge in [0.05, 0.1) is 6.20 Å². The van der Waals surface area contributed by atoms with E-state index in [-0.39, 0.29) is 5.56 Å². The molecule has 0 saturated heterocycles. The lowest BCUT2D eigenvalue weighted by Gasteiger charge is -2.24. The predicted octanol–water partition coefficient (Wildman–Crippen LogP) is 3.36. The molecule has 0 unspecified atom stereocenters. The van der Waals surface area contributed by atoms with Crippen molar-refractivity contribution >= 4 is 11.0 Å². The van der Waals surface area contributed by atoms with Crippen LogP contribution in [0.1, 0.15) is 69.7 Å². The van der Waals surface area contributed by atoms with E-state index in [4.69, 9.17) is 4.98 Å². The molecule has 0 bridgehead atoms. The fourth-order valence-corrected chi connectivity index (χ4v) is 4.28. The Morgan fingerprint density at radius 3 is 2.59 bits per heavy atom. The number of rotatable bonds is 3. The Morgan fingerprint density at radius 2 is 1.82 bits per heavy atom. The summed E-state index contributed by atoms with van der Waals surface area (Å²) in [4.78, 5) is 17.7. The second-order valence-electron chi connectivity index (χ2n) is 6.98. The van der Waals surface area contributed by atoms with E-state index in [0.29, 0.717) is 23.0 Å². The summed E-state index contributed by atoms with van der Waals surface area (Å²) in [5, 5.41) is 7.54. The maximum atomic E-state index is 12.9. The number of fused-ring (bicyclic) bond motifs is 1. The predicted molar refractivity (Wildman–Crippen MR) is 85.9 cm³/mol. The molecule has 0 aromatic carbocycles. The molecular formula is C17H24N4O. The second-order valence-corrected chi connectivity index (χ2v) is 6.98. The summed E-state index contributed by atoms with van der Waals surface area (Å²) < 4.78 is 2.01. The van der Waals surface area contributed by atoms with Gasteiger partial charge in [0.25, 0.3) is 5.56 Å². The SMILES string of the molecule is O=c1c2cn[nH]c2nc(CC2CCCCC2)n1C1CCCC1. The molecule has 0 radical (unpaired) electrons. The van der Waals surface area contributed by atoms with Gasteiger partial charge >= 0.3 is 0 Å². The monoisotopic (exact) mass is 300 g/mol. The van der Waals surface area contributed by atoms with Crippen molar-refractivity contribution < 1.29 is 0 Å². The van der Waals surface area contributed by atoms with E-state index in [1.54, 1.807) is 6.20 Å². The lowest BCUT2D eigenvalue weighted by molar-refractivity contribution is 0.340. The Labute approximate surface area is 130 Å². The van der Waals surface area contributed by atoms with Gasteiger partial charge in [-0.2, -0.15) is 5.10 Å². The van der Waals surface area contributed by atoms with Crippen LogP contribution in [0.3, 0.4) is 0 Å². The lowest BCUT2D eigenvalue weighted by Crippen LogP contribution is -2.29. The third-order valence-electron chi connectivity index (χ3n) is 5.47. The molecule has 4 rings (SSSR count). The van der Waals surface area contributed by atoms with Crippen LogP contribution in [0.2, 0.25) is 0 Å². The molecule has 5 heteroatoms. The van der Waals surface area contributed by atoms with Gasteiger partial charge in [0.15, 0.2) is 5.65 Å². The number of aromatic nitrogens is 4. The average Bonchev–Trinajstić information content (AvgIpc) is 3.19. The number of nitrogens with one attached hydrogen (secondary N) is 1. The van der Waals surface area contributed by atoms with Crippen LogP contribution in [0.25, 0.3) is 11.0 Å². The summed E-state index contributed by atoms with van der Waals surface area (Å²) in [6.45, 7) is 0. The van der Waals surface area contributed by atoms with Crippen LogP contribution in [0.15, 0.2) is 11.0 Å². The molecule has 0 spiro atoms. The average molecular weight is 300 g/mol. The molecule has 2 aliphatic carbocycles. The topological polar surface area (TPSA) is 63.6 Å². The molecule has 0 atom stereocenters. The molecule has 2 aliphatic rings. The smallest absolute Gasteiger partial charge is 0.264 e. The van der Waals surface area contributed by atoms with Gasteiger partial charge in [-0.1, -0.05) is 44.9 Å². The van der Waals surface area contributed by atoms with Gasteiger partial charge in [-0.15, -0.1) is 0 Å². The van der Waals surface area contributed by atoms with Crippen molar-refractivity contribution in [2.75, 3.05) is 0 Å². The lowest BCUT2D eigenvalue weighted by atomic mass is 9.86. The summed E-state index contributed by atoms with van der Waals surface area (Å²) in [6.07, 6.45) is 13.8. The van der Waals surface area contributed by atoms with Crippen LogP contribution in [-0.4, -0.2) is 19.7 Å². The highest BCUT2D eigenvalue weighted by molar-refractivity contribution is 5.72. The first-order chi connectivity index (χ1) is 10.8. The van der Waals surface area contributed by atoms with Gasteiger partial charge in [-0.05, 0) is 18.8 Å². The third kappa shape index (κ3) is 2.46. The molecule has 0 amide bonds. The molecule has 2 aromatic heterocycles. The summed E-state index contributed by atoms with van der Waals surface area (Å²) in [6, 6.07) is 0.345. The van der Waals surface area contributed by atoms with Crippen LogP contribution < -0.4 is 5.56 Å². The van der Waals surface area contributed by atoms with Gasteiger partial charge in [0.2, 0.25) is 0 Å². The zero-order valence-corrected chi connectivity index (χ0v) is 13.1. The van der Waals surface area contributed by atoms with Crippen molar-refractivity contribution in [3.05, 3.63) is 22.4 Å². The van der Waals surface area contributed by atoms with Crippen LogP contribution in [0.5, 0.6) is 0 Å². The molecule has 1 N–H and O–H groups in total.